The van der Waals surface area contributed by atoms with Crippen molar-refractivity contribution in [1.82, 2.24) is 0 Å². The Labute approximate surface area is 106 Å². The molecular weight excluding hydrogens is 232 g/mol. The number of hydrogen-bond acceptors (Lipinski definition) is 4. The molecule has 7 atom stereocenters. The maximum absolute atomic E-state index is 11.7. The van der Waals surface area contributed by atoms with Gasteiger partial charge in [0.1, 0.15) is 12.2 Å². The molecule has 0 aromatic carbocycles. The molecule has 7 unspecified atom stereocenters. The van der Waals surface area contributed by atoms with Crippen LogP contribution in [0.1, 0.15) is 26.2 Å². The molecule has 1 aliphatic carbocycles. The highest BCUT2D eigenvalue weighted by molar-refractivity contribution is 5.87. The highest BCUT2D eigenvalue weighted by Gasteiger charge is 2.68. The number of carbonyl (C=O) groups excluding carboxylic acids is 1. The Morgan fingerprint density at radius 1 is 1.22 bits per heavy atom. The van der Waals surface area contributed by atoms with Gasteiger partial charge in [0, 0.05) is 11.5 Å². The zero-order valence-electron chi connectivity index (χ0n) is 10.5. The molecule has 1 saturated carbocycles. The van der Waals surface area contributed by atoms with Gasteiger partial charge in [0.15, 0.2) is 6.10 Å². The van der Waals surface area contributed by atoms with Gasteiger partial charge < -0.3 is 14.2 Å². The molecule has 2 bridgehead atoms. The van der Waals surface area contributed by atoms with Gasteiger partial charge in [-0.15, -0.1) is 0 Å². The Kier molecular flexibility index (Phi) is 2.19. The zero-order chi connectivity index (χ0) is 12.4. The standard InChI is InChI=1S/C14H18O4/c1-6(2)14(15)18-12-10-7-4-3-5-8-9(7)11(17-10)13(12)16-8/h7-13H,1,3-5H2,2H3. The van der Waals surface area contributed by atoms with Crippen LogP contribution in [0, 0.1) is 11.8 Å². The summed E-state index contributed by atoms with van der Waals surface area (Å²) in [4.78, 5) is 11.7. The van der Waals surface area contributed by atoms with Gasteiger partial charge in [0.2, 0.25) is 0 Å². The highest BCUT2D eigenvalue weighted by Crippen LogP contribution is 2.57. The lowest BCUT2D eigenvalue weighted by Crippen LogP contribution is -2.45. The van der Waals surface area contributed by atoms with Crippen molar-refractivity contribution in [1.29, 1.82) is 0 Å². The highest BCUT2D eigenvalue weighted by atomic mass is 16.6. The first kappa shape index (κ1) is 11.0. The van der Waals surface area contributed by atoms with Crippen LogP contribution >= 0.6 is 0 Å². The Hall–Kier alpha value is -0.870. The Morgan fingerprint density at radius 3 is 2.83 bits per heavy atom. The summed E-state index contributed by atoms with van der Waals surface area (Å²) in [6.45, 7) is 5.30. The fourth-order valence-corrected chi connectivity index (χ4v) is 4.29. The predicted molar refractivity (Wildman–Crippen MR) is 62.8 cm³/mol. The van der Waals surface area contributed by atoms with Crippen LogP contribution in [0.5, 0.6) is 0 Å². The molecule has 0 N–H and O–H groups in total. The van der Waals surface area contributed by atoms with E-state index < -0.39 is 0 Å². The first-order valence-electron chi connectivity index (χ1n) is 6.84. The third-order valence-corrected chi connectivity index (χ3v) is 4.96. The second kappa shape index (κ2) is 3.58. The van der Waals surface area contributed by atoms with Crippen molar-refractivity contribution in [2.45, 2.75) is 56.7 Å². The van der Waals surface area contributed by atoms with E-state index >= 15 is 0 Å². The molecule has 4 aliphatic rings. The fraction of sp³-hybridized carbons (Fsp3) is 0.786. The van der Waals surface area contributed by atoms with Crippen LogP contribution < -0.4 is 0 Å². The van der Waals surface area contributed by atoms with E-state index in [4.69, 9.17) is 14.2 Å². The summed E-state index contributed by atoms with van der Waals surface area (Å²) in [5.41, 5.74) is 0.440. The topological polar surface area (TPSA) is 44.8 Å². The Morgan fingerprint density at radius 2 is 2.06 bits per heavy atom. The number of esters is 1. The zero-order valence-corrected chi connectivity index (χ0v) is 10.5. The van der Waals surface area contributed by atoms with E-state index in [0.29, 0.717) is 23.5 Å². The van der Waals surface area contributed by atoms with Gasteiger partial charge in [-0.1, -0.05) is 13.0 Å². The monoisotopic (exact) mass is 250 g/mol. The minimum absolute atomic E-state index is 0.0392. The second-order valence-electron chi connectivity index (χ2n) is 6.03. The van der Waals surface area contributed by atoms with Gasteiger partial charge in [-0.05, 0) is 25.7 Å². The third kappa shape index (κ3) is 1.25. The van der Waals surface area contributed by atoms with Crippen molar-refractivity contribution in [3.05, 3.63) is 12.2 Å². The van der Waals surface area contributed by atoms with Gasteiger partial charge in [0.05, 0.1) is 12.2 Å². The van der Waals surface area contributed by atoms with E-state index in [1.54, 1.807) is 6.92 Å². The van der Waals surface area contributed by atoms with Crippen molar-refractivity contribution in [2.24, 2.45) is 11.8 Å². The van der Waals surface area contributed by atoms with E-state index in [9.17, 15) is 4.79 Å². The SMILES string of the molecule is C=C(C)C(=O)OC1C2OC3C1OC1CCCC2C13. The molecule has 18 heavy (non-hydrogen) atoms. The average Bonchev–Trinajstić information content (AvgIpc) is 2.96. The lowest BCUT2D eigenvalue weighted by Gasteiger charge is -2.33. The molecule has 4 nitrogen and oxygen atoms in total. The molecule has 0 aromatic heterocycles. The smallest absolute Gasteiger partial charge is 0.333 e. The van der Waals surface area contributed by atoms with Gasteiger partial charge in [0.25, 0.3) is 0 Å². The normalized spacial score (nSPS) is 51.5. The van der Waals surface area contributed by atoms with Crippen LogP contribution in [0.4, 0.5) is 0 Å². The molecular formula is C14H18O4. The molecule has 0 aromatic rings. The van der Waals surface area contributed by atoms with Crippen LogP contribution in [0.3, 0.4) is 0 Å². The lowest BCUT2D eigenvalue weighted by atomic mass is 9.70. The number of fused-ring (bicyclic) bond motifs is 2. The molecule has 4 rings (SSSR count). The summed E-state index contributed by atoms with van der Waals surface area (Å²) in [5, 5.41) is 0. The summed E-state index contributed by atoms with van der Waals surface area (Å²) in [6.07, 6.45) is 3.80. The van der Waals surface area contributed by atoms with Crippen molar-refractivity contribution >= 4 is 5.97 Å². The summed E-state index contributed by atoms with van der Waals surface area (Å²) >= 11 is 0. The Balaban J connectivity index is 1.60. The maximum atomic E-state index is 11.7. The van der Waals surface area contributed by atoms with Crippen LogP contribution in [0.15, 0.2) is 12.2 Å². The van der Waals surface area contributed by atoms with Crippen LogP contribution in [0.25, 0.3) is 0 Å². The average molecular weight is 250 g/mol. The quantitative estimate of drug-likeness (QED) is 0.549. The van der Waals surface area contributed by atoms with Crippen LogP contribution in [0.2, 0.25) is 0 Å². The minimum atomic E-state index is -0.322. The van der Waals surface area contributed by atoms with Crippen molar-refractivity contribution < 1.29 is 19.0 Å². The lowest BCUT2D eigenvalue weighted by molar-refractivity contribution is -0.152. The summed E-state index contributed by atoms with van der Waals surface area (Å²) < 4.78 is 17.7. The van der Waals surface area contributed by atoms with Crippen molar-refractivity contribution in [2.75, 3.05) is 0 Å². The van der Waals surface area contributed by atoms with E-state index in [0.717, 1.165) is 6.42 Å². The van der Waals surface area contributed by atoms with E-state index in [1.807, 2.05) is 0 Å². The van der Waals surface area contributed by atoms with Crippen LogP contribution in [-0.2, 0) is 19.0 Å². The Bertz CT molecular complexity index is 418. The predicted octanol–water partition coefficient (Wildman–Crippen LogP) is 1.44. The molecule has 98 valence electrons. The first-order chi connectivity index (χ1) is 8.66. The molecule has 0 amide bonds. The van der Waals surface area contributed by atoms with E-state index in [-0.39, 0.29) is 30.4 Å². The van der Waals surface area contributed by atoms with Gasteiger partial charge in [-0.2, -0.15) is 0 Å². The molecule has 3 heterocycles. The molecule has 0 spiro atoms. The molecule has 4 fully saturated rings. The van der Waals surface area contributed by atoms with Crippen molar-refractivity contribution in [3.8, 4) is 0 Å². The van der Waals surface area contributed by atoms with Crippen LogP contribution in [-0.4, -0.2) is 36.5 Å². The van der Waals surface area contributed by atoms with Gasteiger partial charge in [-0.3, -0.25) is 0 Å². The summed E-state index contributed by atoms with van der Waals surface area (Å²) in [7, 11) is 0. The second-order valence-corrected chi connectivity index (χ2v) is 6.03. The third-order valence-electron chi connectivity index (χ3n) is 4.96. The molecule has 0 radical (unpaired) electrons. The minimum Gasteiger partial charge on any atom is -0.453 e. The van der Waals surface area contributed by atoms with Gasteiger partial charge >= 0.3 is 5.97 Å². The summed E-state index contributed by atoms with van der Waals surface area (Å²) in [5.74, 6) is 0.752. The summed E-state index contributed by atoms with van der Waals surface area (Å²) in [6, 6.07) is 0. The number of ether oxygens (including phenoxy) is 3. The number of rotatable bonds is 2. The maximum Gasteiger partial charge on any atom is 0.333 e. The largest absolute Gasteiger partial charge is 0.453 e. The fourth-order valence-electron chi connectivity index (χ4n) is 4.29. The van der Waals surface area contributed by atoms with Crippen molar-refractivity contribution in [3.63, 3.8) is 0 Å². The number of hydrogen-bond donors (Lipinski definition) is 0. The van der Waals surface area contributed by atoms with E-state index in [2.05, 4.69) is 6.58 Å². The molecule has 3 aliphatic heterocycles. The molecule has 3 saturated heterocycles. The van der Waals surface area contributed by atoms with E-state index in [1.165, 1.54) is 12.8 Å². The van der Waals surface area contributed by atoms with Gasteiger partial charge in [-0.25, -0.2) is 4.79 Å². The first-order valence-corrected chi connectivity index (χ1v) is 6.84. The molecule has 4 heteroatoms. The number of carbonyl (C=O) groups is 1.